The van der Waals surface area contributed by atoms with Gasteiger partial charge in [0.05, 0.1) is 15.8 Å². The summed E-state index contributed by atoms with van der Waals surface area (Å²) < 4.78 is 27.9. The monoisotopic (exact) mass is 420 g/mol. The second kappa shape index (κ2) is 7.80. The van der Waals surface area contributed by atoms with Crippen LogP contribution in [0.4, 0.5) is 5.69 Å². The zero-order chi connectivity index (χ0) is 21.1. The SMILES string of the molecule is O=c1[nH]c(=O)c2cc(S(=O)(=O)Nc3ccc(C=Cc4cccnc4)cc3)ccc2[nH]1. The highest BCUT2D eigenvalue weighted by molar-refractivity contribution is 7.92. The van der Waals surface area contributed by atoms with Gasteiger partial charge in [-0.15, -0.1) is 0 Å². The highest BCUT2D eigenvalue weighted by Gasteiger charge is 2.16. The second-order valence-electron chi connectivity index (χ2n) is 6.46. The molecular formula is C21H16N4O4S. The fourth-order valence-corrected chi connectivity index (χ4v) is 3.94. The van der Waals surface area contributed by atoms with E-state index in [1.54, 1.807) is 36.7 Å². The summed E-state index contributed by atoms with van der Waals surface area (Å²) in [4.78, 5) is 31.8. The lowest BCUT2D eigenvalue weighted by Crippen LogP contribution is -2.22. The van der Waals surface area contributed by atoms with Crippen molar-refractivity contribution >= 4 is 38.8 Å². The Morgan fingerprint density at radius 1 is 0.900 bits per heavy atom. The van der Waals surface area contributed by atoms with Gasteiger partial charge in [0, 0.05) is 18.1 Å². The number of aromatic amines is 2. The normalized spacial score (nSPS) is 11.7. The number of hydrogen-bond donors (Lipinski definition) is 3. The Bertz CT molecular complexity index is 1460. The average molecular weight is 420 g/mol. The van der Waals surface area contributed by atoms with E-state index < -0.39 is 21.3 Å². The first-order valence-corrected chi connectivity index (χ1v) is 10.4. The van der Waals surface area contributed by atoms with E-state index in [2.05, 4.69) is 19.7 Å². The van der Waals surface area contributed by atoms with Crippen LogP contribution in [0.3, 0.4) is 0 Å². The van der Waals surface area contributed by atoms with Crippen LogP contribution in [-0.2, 0) is 10.0 Å². The van der Waals surface area contributed by atoms with Crippen LogP contribution in [0.15, 0.2) is 81.5 Å². The Kier molecular flexibility index (Phi) is 5.03. The summed E-state index contributed by atoms with van der Waals surface area (Å²) in [7, 11) is -3.92. The molecule has 2 heterocycles. The number of rotatable bonds is 5. The van der Waals surface area contributed by atoms with E-state index in [1.165, 1.54) is 18.2 Å². The zero-order valence-electron chi connectivity index (χ0n) is 15.5. The number of aromatic nitrogens is 3. The number of pyridine rings is 1. The Labute approximate surface area is 171 Å². The van der Waals surface area contributed by atoms with Crippen molar-refractivity contribution in [3.8, 4) is 0 Å². The summed E-state index contributed by atoms with van der Waals surface area (Å²) in [5.41, 5.74) is 1.17. The molecule has 0 saturated heterocycles. The third kappa shape index (κ3) is 4.20. The van der Waals surface area contributed by atoms with Gasteiger partial charge in [0.15, 0.2) is 0 Å². The van der Waals surface area contributed by atoms with Crippen molar-refractivity contribution in [2.45, 2.75) is 4.90 Å². The average Bonchev–Trinajstić information content (AvgIpc) is 2.73. The van der Waals surface area contributed by atoms with Gasteiger partial charge >= 0.3 is 5.69 Å². The predicted molar refractivity (Wildman–Crippen MR) is 116 cm³/mol. The molecule has 3 N–H and O–H groups in total. The first-order chi connectivity index (χ1) is 14.4. The maximum absolute atomic E-state index is 12.7. The van der Waals surface area contributed by atoms with Gasteiger partial charge in [-0.2, -0.15) is 0 Å². The Balaban J connectivity index is 1.56. The Hall–Kier alpha value is -3.98. The Morgan fingerprint density at radius 3 is 2.40 bits per heavy atom. The molecule has 0 saturated carbocycles. The number of hydrogen-bond acceptors (Lipinski definition) is 5. The standard InChI is InChI=1S/C21H16N4O4S/c26-20-18-12-17(9-10-19(18)23-21(27)24-20)30(28,29)25-16-7-5-14(6-8-16)3-4-15-2-1-11-22-13-15/h1-13,25H,(H2,23,24,26,27). The minimum atomic E-state index is -3.92. The highest BCUT2D eigenvalue weighted by Crippen LogP contribution is 2.19. The lowest BCUT2D eigenvalue weighted by molar-refractivity contribution is 0.601. The number of sulfonamides is 1. The molecule has 4 aromatic rings. The maximum atomic E-state index is 12.7. The van der Waals surface area contributed by atoms with Gasteiger partial charge in [0.1, 0.15) is 0 Å². The molecule has 0 radical (unpaired) electrons. The molecule has 0 aliphatic carbocycles. The van der Waals surface area contributed by atoms with Crippen molar-refractivity contribution in [3.05, 3.63) is 99.0 Å². The molecule has 30 heavy (non-hydrogen) atoms. The van der Waals surface area contributed by atoms with Crippen LogP contribution in [-0.4, -0.2) is 23.4 Å². The maximum Gasteiger partial charge on any atom is 0.326 e. The van der Waals surface area contributed by atoms with E-state index in [-0.39, 0.29) is 15.8 Å². The van der Waals surface area contributed by atoms with Crippen molar-refractivity contribution in [1.29, 1.82) is 0 Å². The fourth-order valence-electron chi connectivity index (χ4n) is 2.85. The van der Waals surface area contributed by atoms with Gasteiger partial charge in [-0.3, -0.25) is 19.5 Å². The molecule has 0 atom stereocenters. The third-order valence-electron chi connectivity index (χ3n) is 4.34. The van der Waals surface area contributed by atoms with E-state index in [9.17, 15) is 18.0 Å². The van der Waals surface area contributed by atoms with Gasteiger partial charge in [-0.25, -0.2) is 13.2 Å². The van der Waals surface area contributed by atoms with Gasteiger partial charge in [0.2, 0.25) is 0 Å². The molecule has 0 aliphatic rings. The smallest absolute Gasteiger partial charge is 0.307 e. The summed E-state index contributed by atoms with van der Waals surface area (Å²) in [6.45, 7) is 0. The molecule has 0 aliphatic heterocycles. The van der Waals surface area contributed by atoms with Gasteiger partial charge < -0.3 is 4.98 Å². The summed E-state index contributed by atoms with van der Waals surface area (Å²) in [5, 5.41) is 0.0772. The van der Waals surface area contributed by atoms with Crippen LogP contribution < -0.4 is 16.0 Å². The van der Waals surface area contributed by atoms with E-state index in [4.69, 9.17) is 0 Å². The topological polar surface area (TPSA) is 125 Å². The highest BCUT2D eigenvalue weighted by atomic mass is 32.2. The van der Waals surface area contributed by atoms with Crippen molar-refractivity contribution in [2.24, 2.45) is 0 Å². The molecule has 150 valence electrons. The molecule has 4 rings (SSSR count). The largest absolute Gasteiger partial charge is 0.326 e. The van der Waals surface area contributed by atoms with Gasteiger partial charge in [0.25, 0.3) is 15.6 Å². The molecular weight excluding hydrogens is 404 g/mol. The van der Waals surface area contributed by atoms with Crippen LogP contribution in [0.1, 0.15) is 11.1 Å². The van der Waals surface area contributed by atoms with E-state index in [0.29, 0.717) is 5.69 Å². The fraction of sp³-hybridized carbons (Fsp3) is 0. The first-order valence-electron chi connectivity index (χ1n) is 8.88. The van der Waals surface area contributed by atoms with E-state index in [1.807, 2.05) is 24.3 Å². The minimum absolute atomic E-state index is 0.0772. The van der Waals surface area contributed by atoms with Crippen molar-refractivity contribution in [2.75, 3.05) is 4.72 Å². The second-order valence-corrected chi connectivity index (χ2v) is 8.15. The van der Waals surface area contributed by atoms with Gasteiger partial charge in [-0.05, 0) is 47.5 Å². The lowest BCUT2D eigenvalue weighted by atomic mass is 10.1. The number of fused-ring (bicyclic) bond motifs is 1. The molecule has 0 fully saturated rings. The van der Waals surface area contributed by atoms with E-state index in [0.717, 1.165) is 11.1 Å². The van der Waals surface area contributed by atoms with Crippen molar-refractivity contribution in [3.63, 3.8) is 0 Å². The summed E-state index contributed by atoms with van der Waals surface area (Å²) >= 11 is 0. The van der Waals surface area contributed by atoms with Crippen LogP contribution >= 0.6 is 0 Å². The number of nitrogens with zero attached hydrogens (tertiary/aromatic N) is 1. The molecule has 8 nitrogen and oxygen atoms in total. The van der Waals surface area contributed by atoms with E-state index >= 15 is 0 Å². The van der Waals surface area contributed by atoms with Crippen LogP contribution in [0.25, 0.3) is 23.1 Å². The third-order valence-corrected chi connectivity index (χ3v) is 5.72. The van der Waals surface area contributed by atoms with Crippen LogP contribution in [0, 0.1) is 0 Å². The molecule has 0 bridgehead atoms. The first kappa shape index (κ1) is 19.3. The quantitative estimate of drug-likeness (QED) is 0.458. The summed E-state index contributed by atoms with van der Waals surface area (Å²) in [6.07, 6.45) is 7.24. The zero-order valence-corrected chi connectivity index (χ0v) is 16.3. The molecule has 2 aromatic heterocycles. The lowest BCUT2D eigenvalue weighted by Gasteiger charge is -2.09. The Morgan fingerprint density at radius 2 is 1.67 bits per heavy atom. The number of benzene rings is 2. The number of anilines is 1. The van der Waals surface area contributed by atoms with Crippen molar-refractivity contribution < 1.29 is 8.42 Å². The molecule has 0 spiro atoms. The number of nitrogens with one attached hydrogen (secondary N) is 3. The molecule has 9 heteroatoms. The minimum Gasteiger partial charge on any atom is -0.307 e. The molecule has 2 aromatic carbocycles. The molecule has 0 unspecified atom stereocenters. The molecule has 0 amide bonds. The van der Waals surface area contributed by atoms with Gasteiger partial charge in [-0.1, -0.05) is 30.4 Å². The predicted octanol–water partition coefficient (Wildman–Crippen LogP) is 2.58. The summed E-state index contributed by atoms with van der Waals surface area (Å²) in [6, 6.07) is 14.5. The van der Waals surface area contributed by atoms with Crippen LogP contribution in [0.2, 0.25) is 0 Å². The summed E-state index contributed by atoms with van der Waals surface area (Å²) in [5.74, 6) is 0. The number of H-pyrrole nitrogens is 2. The van der Waals surface area contributed by atoms with Crippen LogP contribution in [0.5, 0.6) is 0 Å². The van der Waals surface area contributed by atoms with Crippen molar-refractivity contribution in [1.82, 2.24) is 15.0 Å².